The standard InChI is InChI=1S/C15H22N4S/c1-10(2)7-16-6-5-13-11(3)18-15(19-12(13)4)14-8-17-9-20-14/h8-10,16H,5-7H2,1-4H3. The van der Waals surface area contributed by atoms with Gasteiger partial charge in [-0.15, -0.1) is 11.3 Å². The van der Waals surface area contributed by atoms with Crippen LogP contribution in [0.2, 0.25) is 0 Å². The second-order valence-corrected chi connectivity index (χ2v) is 6.30. The molecule has 0 atom stereocenters. The third-order valence-corrected chi connectivity index (χ3v) is 3.95. The number of thiazole rings is 1. The number of nitrogens with one attached hydrogen (secondary N) is 1. The summed E-state index contributed by atoms with van der Waals surface area (Å²) < 4.78 is 0. The molecule has 0 radical (unpaired) electrons. The molecule has 4 nitrogen and oxygen atoms in total. The fourth-order valence-corrected chi connectivity index (χ4v) is 2.70. The molecule has 0 saturated heterocycles. The predicted octanol–water partition coefficient (Wildman–Crippen LogP) is 3.01. The van der Waals surface area contributed by atoms with Gasteiger partial charge in [0.25, 0.3) is 0 Å². The van der Waals surface area contributed by atoms with E-state index in [1.807, 2.05) is 11.7 Å². The van der Waals surface area contributed by atoms with E-state index >= 15 is 0 Å². The number of hydrogen-bond donors (Lipinski definition) is 1. The van der Waals surface area contributed by atoms with Gasteiger partial charge in [0.05, 0.1) is 10.4 Å². The Morgan fingerprint density at radius 3 is 2.45 bits per heavy atom. The highest BCUT2D eigenvalue weighted by atomic mass is 32.1. The zero-order valence-electron chi connectivity index (χ0n) is 12.6. The van der Waals surface area contributed by atoms with Gasteiger partial charge in [0, 0.05) is 17.6 Å². The molecule has 0 unspecified atom stereocenters. The predicted molar refractivity (Wildman–Crippen MR) is 84.0 cm³/mol. The summed E-state index contributed by atoms with van der Waals surface area (Å²) in [4.78, 5) is 14.4. The molecule has 0 fully saturated rings. The summed E-state index contributed by atoms with van der Waals surface area (Å²) in [6.07, 6.45) is 2.80. The summed E-state index contributed by atoms with van der Waals surface area (Å²) in [5, 5.41) is 3.47. The van der Waals surface area contributed by atoms with Crippen LogP contribution in [0.3, 0.4) is 0 Å². The lowest BCUT2D eigenvalue weighted by Crippen LogP contribution is -2.23. The van der Waals surface area contributed by atoms with Crippen LogP contribution in [-0.2, 0) is 6.42 Å². The quantitative estimate of drug-likeness (QED) is 0.831. The normalized spacial score (nSPS) is 11.2. The van der Waals surface area contributed by atoms with Crippen molar-refractivity contribution in [2.75, 3.05) is 13.1 Å². The topological polar surface area (TPSA) is 50.7 Å². The van der Waals surface area contributed by atoms with Gasteiger partial charge in [-0.05, 0) is 44.8 Å². The van der Waals surface area contributed by atoms with Crippen molar-refractivity contribution in [2.45, 2.75) is 34.1 Å². The molecule has 0 aliphatic carbocycles. The summed E-state index contributed by atoms with van der Waals surface area (Å²) >= 11 is 1.58. The Kier molecular flexibility index (Phi) is 5.20. The van der Waals surface area contributed by atoms with Crippen LogP contribution in [0.15, 0.2) is 11.7 Å². The van der Waals surface area contributed by atoms with Crippen LogP contribution in [0, 0.1) is 19.8 Å². The van der Waals surface area contributed by atoms with Crippen molar-refractivity contribution in [3.8, 4) is 10.7 Å². The van der Waals surface area contributed by atoms with Crippen molar-refractivity contribution in [2.24, 2.45) is 5.92 Å². The lowest BCUT2D eigenvalue weighted by molar-refractivity contribution is 0.553. The summed E-state index contributed by atoms with van der Waals surface area (Å²) in [7, 11) is 0. The van der Waals surface area contributed by atoms with Crippen molar-refractivity contribution in [1.29, 1.82) is 0 Å². The SMILES string of the molecule is Cc1nc(-c2cncs2)nc(C)c1CCNCC(C)C. The molecule has 2 aromatic heterocycles. The summed E-state index contributed by atoms with van der Waals surface area (Å²) in [5.74, 6) is 1.48. The van der Waals surface area contributed by atoms with Gasteiger partial charge in [-0.25, -0.2) is 9.97 Å². The third kappa shape index (κ3) is 3.84. The van der Waals surface area contributed by atoms with Gasteiger partial charge < -0.3 is 5.32 Å². The monoisotopic (exact) mass is 290 g/mol. The van der Waals surface area contributed by atoms with Gasteiger partial charge in [0.1, 0.15) is 0 Å². The first kappa shape index (κ1) is 15.1. The average Bonchev–Trinajstić information content (AvgIpc) is 2.90. The lowest BCUT2D eigenvalue weighted by atomic mass is 10.1. The van der Waals surface area contributed by atoms with E-state index in [0.29, 0.717) is 5.92 Å². The van der Waals surface area contributed by atoms with Gasteiger partial charge >= 0.3 is 0 Å². The number of aromatic nitrogens is 3. The number of rotatable bonds is 6. The van der Waals surface area contributed by atoms with Gasteiger partial charge in [0.15, 0.2) is 5.82 Å². The minimum Gasteiger partial charge on any atom is -0.316 e. The molecule has 0 aliphatic heterocycles. The molecule has 2 rings (SSSR count). The maximum atomic E-state index is 4.62. The van der Waals surface area contributed by atoms with Gasteiger partial charge in [-0.1, -0.05) is 13.8 Å². The Morgan fingerprint density at radius 2 is 1.90 bits per heavy atom. The second-order valence-electron chi connectivity index (χ2n) is 5.41. The largest absolute Gasteiger partial charge is 0.316 e. The molecule has 0 aromatic carbocycles. The maximum Gasteiger partial charge on any atom is 0.171 e. The first-order chi connectivity index (χ1) is 9.58. The molecule has 0 aliphatic rings. The second kappa shape index (κ2) is 6.90. The van der Waals surface area contributed by atoms with Gasteiger partial charge in [-0.2, -0.15) is 0 Å². The van der Waals surface area contributed by atoms with Gasteiger partial charge in [-0.3, -0.25) is 4.98 Å². The van der Waals surface area contributed by atoms with Crippen LogP contribution in [0.4, 0.5) is 0 Å². The number of nitrogens with zero attached hydrogens (tertiary/aromatic N) is 3. The smallest absolute Gasteiger partial charge is 0.171 e. The minimum absolute atomic E-state index is 0.683. The van der Waals surface area contributed by atoms with E-state index in [2.05, 4.69) is 48.0 Å². The molecule has 0 bridgehead atoms. The highest BCUT2D eigenvalue weighted by molar-refractivity contribution is 7.13. The molecule has 0 amide bonds. The molecule has 20 heavy (non-hydrogen) atoms. The summed E-state index contributed by atoms with van der Waals surface area (Å²) in [6, 6.07) is 0. The van der Waals surface area contributed by atoms with E-state index in [4.69, 9.17) is 0 Å². The Hall–Kier alpha value is -1.33. The lowest BCUT2D eigenvalue weighted by Gasteiger charge is -2.11. The molecule has 108 valence electrons. The van der Waals surface area contributed by atoms with Crippen molar-refractivity contribution >= 4 is 11.3 Å². The van der Waals surface area contributed by atoms with E-state index in [-0.39, 0.29) is 0 Å². The molecule has 0 saturated carbocycles. The minimum atomic E-state index is 0.683. The zero-order chi connectivity index (χ0) is 14.5. The molecule has 0 spiro atoms. The fourth-order valence-electron chi connectivity index (χ4n) is 2.14. The maximum absolute atomic E-state index is 4.62. The van der Waals surface area contributed by atoms with E-state index < -0.39 is 0 Å². The van der Waals surface area contributed by atoms with E-state index in [0.717, 1.165) is 41.6 Å². The Labute approximate surface area is 124 Å². The van der Waals surface area contributed by atoms with Crippen molar-refractivity contribution in [3.05, 3.63) is 28.7 Å². The molecule has 1 N–H and O–H groups in total. The first-order valence-corrected chi connectivity index (χ1v) is 7.89. The van der Waals surface area contributed by atoms with Crippen LogP contribution in [0.1, 0.15) is 30.8 Å². The van der Waals surface area contributed by atoms with E-state index in [9.17, 15) is 0 Å². The van der Waals surface area contributed by atoms with Crippen LogP contribution < -0.4 is 5.32 Å². The molecular weight excluding hydrogens is 268 g/mol. The van der Waals surface area contributed by atoms with E-state index in [1.165, 1.54) is 5.56 Å². The third-order valence-electron chi connectivity index (χ3n) is 3.18. The Bertz CT molecular complexity index is 526. The zero-order valence-corrected chi connectivity index (χ0v) is 13.4. The van der Waals surface area contributed by atoms with Crippen molar-refractivity contribution in [3.63, 3.8) is 0 Å². The van der Waals surface area contributed by atoms with Crippen molar-refractivity contribution in [1.82, 2.24) is 20.3 Å². The Balaban J connectivity index is 2.07. The van der Waals surface area contributed by atoms with Crippen LogP contribution >= 0.6 is 11.3 Å². The number of aryl methyl sites for hydroxylation is 2. The van der Waals surface area contributed by atoms with E-state index in [1.54, 1.807) is 11.3 Å². The molecule has 2 heterocycles. The van der Waals surface area contributed by atoms with Gasteiger partial charge in [0.2, 0.25) is 0 Å². The molecular formula is C15H22N4S. The van der Waals surface area contributed by atoms with Crippen LogP contribution in [0.25, 0.3) is 10.7 Å². The number of hydrogen-bond acceptors (Lipinski definition) is 5. The van der Waals surface area contributed by atoms with Crippen molar-refractivity contribution < 1.29 is 0 Å². The first-order valence-electron chi connectivity index (χ1n) is 7.01. The van der Waals surface area contributed by atoms with Crippen LogP contribution in [0.5, 0.6) is 0 Å². The summed E-state index contributed by atoms with van der Waals surface area (Å²) in [5.41, 5.74) is 5.22. The highest BCUT2D eigenvalue weighted by Gasteiger charge is 2.10. The molecule has 5 heteroatoms. The Morgan fingerprint density at radius 1 is 1.20 bits per heavy atom. The van der Waals surface area contributed by atoms with Crippen LogP contribution in [-0.4, -0.2) is 28.0 Å². The molecule has 2 aromatic rings. The summed E-state index contributed by atoms with van der Waals surface area (Å²) in [6.45, 7) is 10.6. The highest BCUT2D eigenvalue weighted by Crippen LogP contribution is 2.21. The fraction of sp³-hybridized carbons (Fsp3) is 0.533. The average molecular weight is 290 g/mol.